The highest BCUT2D eigenvalue weighted by Crippen LogP contribution is 2.41. The predicted octanol–water partition coefficient (Wildman–Crippen LogP) is 4.30. The summed E-state index contributed by atoms with van der Waals surface area (Å²) in [4.78, 5) is 14.8. The Balaban J connectivity index is 1.74. The van der Waals surface area contributed by atoms with Crippen LogP contribution in [-0.2, 0) is 0 Å². The van der Waals surface area contributed by atoms with Crippen molar-refractivity contribution in [1.82, 2.24) is 10.0 Å². The maximum Gasteiger partial charge on any atom is 0.340 e. The van der Waals surface area contributed by atoms with Crippen molar-refractivity contribution < 1.29 is 9.53 Å². The van der Waals surface area contributed by atoms with Crippen LogP contribution >= 0.6 is 11.6 Å². The van der Waals surface area contributed by atoms with Gasteiger partial charge in [0.1, 0.15) is 11.9 Å². The van der Waals surface area contributed by atoms with Gasteiger partial charge in [0.2, 0.25) is 0 Å². The number of urea groups is 1. The van der Waals surface area contributed by atoms with E-state index in [-0.39, 0.29) is 12.2 Å². The fourth-order valence-electron chi connectivity index (χ4n) is 3.56. The summed E-state index contributed by atoms with van der Waals surface area (Å²) in [5.74, 6) is 0.836. The molecule has 5 nitrogen and oxygen atoms in total. The van der Waals surface area contributed by atoms with Gasteiger partial charge in [0.25, 0.3) is 0 Å². The van der Waals surface area contributed by atoms with Crippen LogP contribution in [0.4, 0.5) is 10.5 Å². The molecule has 1 atom stereocenters. The molecule has 130 valence electrons. The Labute approximate surface area is 152 Å². The number of halogens is 1. The number of amides is 2. The molecule has 4 rings (SSSR count). The van der Waals surface area contributed by atoms with Gasteiger partial charge >= 0.3 is 6.03 Å². The molecule has 0 spiro atoms. The van der Waals surface area contributed by atoms with Crippen molar-refractivity contribution in [1.29, 1.82) is 0 Å². The Morgan fingerprint density at radius 2 is 1.96 bits per heavy atom. The van der Waals surface area contributed by atoms with Crippen molar-refractivity contribution in [3.63, 3.8) is 0 Å². The molecule has 0 saturated carbocycles. The van der Waals surface area contributed by atoms with E-state index in [4.69, 9.17) is 16.3 Å². The Bertz CT molecular complexity index is 780. The van der Waals surface area contributed by atoms with Crippen molar-refractivity contribution in [3.05, 3.63) is 59.1 Å². The minimum Gasteiger partial charge on any atom is -0.494 e. The minimum atomic E-state index is -0.163. The lowest BCUT2D eigenvalue weighted by atomic mass is 10.1. The second-order valence-electron chi connectivity index (χ2n) is 6.15. The number of benzene rings is 2. The third kappa shape index (κ3) is 2.83. The Hall–Kier alpha value is -2.24. The summed E-state index contributed by atoms with van der Waals surface area (Å²) in [5.41, 5.74) is 1.87. The number of hydrogen-bond acceptors (Lipinski definition) is 3. The highest BCUT2D eigenvalue weighted by Gasteiger charge is 2.47. The van der Waals surface area contributed by atoms with E-state index in [1.165, 1.54) is 0 Å². The SMILES string of the molecule is CCOc1ccc(C2N(c3cccc(Cl)c3)C(=O)N3CCCN23)cc1. The van der Waals surface area contributed by atoms with Gasteiger partial charge in [-0.3, -0.25) is 9.91 Å². The quantitative estimate of drug-likeness (QED) is 0.818. The Morgan fingerprint density at radius 1 is 1.16 bits per heavy atom. The largest absolute Gasteiger partial charge is 0.494 e. The van der Waals surface area contributed by atoms with E-state index < -0.39 is 0 Å². The van der Waals surface area contributed by atoms with Gasteiger partial charge < -0.3 is 4.74 Å². The Kier molecular flexibility index (Phi) is 4.27. The average Bonchev–Trinajstić information content (AvgIpc) is 3.18. The van der Waals surface area contributed by atoms with E-state index in [1.807, 2.05) is 65.4 Å². The zero-order chi connectivity index (χ0) is 17.4. The van der Waals surface area contributed by atoms with Gasteiger partial charge in [-0.15, -0.1) is 0 Å². The van der Waals surface area contributed by atoms with Crippen LogP contribution in [0.1, 0.15) is 25.1 Å². The number of carbonyl (C=O) groups is 1. The molecular weight excluding hydrogens is 338 g/mol. The van der Waals surface area contributed by atoms with Gasteiger partial charge in [-0.05, 0) is 49.2 Å². The fourth-order valence-corrected chi connectivity index (χ4v) is 3.74. The predicted molar refractivity (Wildman–Crippen MR) is 97.7 cm³/mol. The van der Waals surface area contributed by atoms with Crippen LogP contribution in [-0.4, -0.2) is 35.7 Å². The summed E-state index contributed by atoms with van der Waals surface area (Å²) in [6.07, 6.45) is 0.826. The van der Waals surface area contributed by atoms with E-state index in [0.29, 0.717) is 11.6 Å². The molecule has 2 saturated heterocycles. The highest BCUT2D eigenvalue weighted by molar-refractivity contribution is 6.30. The summed E-state index contributed by atoms with van der Waals surface area (Å²) in [6.45, 7) is 4.21. The van der Waals surface area contributed by atoms with Gasteiger partial charge in [0.15, 0.2) is 0 Å². The topological polar surface area (TPSA) is 36.0 Å². The number of anilines is 1. The molecule has 0 aromatic heterocycles. The molecule has 2 amide bonds. The second-order valence-corrected chi connectivity index (χ2v) is 6.58. The van der Waals surface area contributed by atoms with Crippen molar-refractivity contribution in [3.8, 4) is 5.75 Å². The maximum atomic E-state index is 13.0. The minimum absolute atomic E-state index is 0.00125. The zero-order valence-corrected chi connectivity index (χ0v) is 14.8. The molecule has 0 bridgehead atoms. The van der Waals surface area contributed by atoms with E-state index >= 15 is 0 Å². The summed E-state index contributed by atoms with van der Waals surface area (Å²) in [5, 5.41) is 4.60. The first kappa shape index (κ1) is 16.2. The van der Waals surface area contributed by atoms with Crippen molar-refractivity contribution in [2.75, 3.05) is 24.6 Å². The van der Waals surface area contributed by atoms with Crippen LogP contribution in [0.2, 0.25) is 5.02 Å². The van der Waals surface area contributed by atoms with Crippen molar-refractivity contribution >= 4 is 23.3 Å². The van der Waals surface area contributed by atoms with Gasteiger partial charge in [-0.2, -0.15) is 5.01 Å². The average molecular weight is 358 g/mol. The number of fused-ring (bicyclic) bond motifs is 1. The van der Waals surface area contributed by atoms with Gasteiger partial charge in [0.05, 0.1) is 6.61 Å². The second kappa shape index (κ2) is 6.58. The van der Waals surface area contributed by atoms with E-state index in [2.05, 4.69) is 5.01 Å². The molecule has 2 fully saturated rings. The molecule has 0 N–H and O–H groups in total. The van der Waals surface area contributed by atoms with Crippen molar-refractivity contribution in [2.24, 2.45) is 0 Å². The molecule has 2 aromatic carbocycles. The smallest absolute Gasteiger partial charge is 0.340 e. The third-order valence-electron chi connectivity index (χ3n) is 4.60. The monoisotopic (exact) mass is 357 g/mol. The summed E-state index contributed by atoms with van der Waals surface area (Å²) in [7, 11) is 0. The first-order chi connectivity index (χ1) is 12.2. The molecule has 25 heavy (non-hydrogen) atoms. The zero-order valence-electron chi connectivity index (χ0n) is 14.1. The molecule has 2 aromatic rings. The molecule has 2 heterocycles. The Morgan fingerprint density at radius 3 is 2.68 bits per heavy atom. The van der Waals surface area contributed by atoms with Crippen LogP contribution < -0.4 is 9.64 Å². The first-order valence-corrected chi connectivity index (χ1v) is 8.92. The summed E-state index contributed by atoms with van der Waals surface area (Å²) >= 11 is 6.16. The van der Waals surface area contributed by atoms with E-state index in [1.54, 1.807) is 0 Å². The van der Waals surface area contributed by atoms with Crippen LogP contribution in [0.15, 0.2) is 48.5 Å². The molecule has 2 aliphatic rings. The van der Waals surface area contributed by atoms with Crippen LogP contribution in [0.5, 0.6) is 5.75 Å². The highest BCUT2D eigenvalue weighted by atomic mass is 35.5. The number of carbonyl (C=O) groups excluding carboxylic acids is 1. The van der Waals surface area contributed by atoms with E-state index in [9.17, 15) is 4.79 Å². The normalized spacial score (nSPS) is 20.2. The number of rotatable bonds is 4. The molecule has 1 unspecified atom stereocenters. The number of ether oxygens (including phenoxy) is 1. The number of nitrogens with zero attached hydrogens (tertiary/aromatic N) is 3. The molecule has 6 heteroatoms. The summed E-state index contributed by atoms with van der Waals surface area (Å²) in [6, 6.07) is 15.4. The molecule has 0 radical (unpaired) electrons. The van der Waals surface area contributed by atoms with Crippen LogP contribution in [0, 0.1) is 0 Å². The fraction of sp³-hybridized carbons (Fsp3) is 0.316. The first-order valence-electron chi connectivity index (χ1n) is 8.54. The molecule has 0 aliphatic carbocycles. The summed E-state index contributed by atoms with van der Waals surface area (Å²) < 4.78 is 5.54. The lowest BCUT2D eigenvalue weighted by Crippen LogP contribution is -2.32. The molecular formula is C19H20ClN3O2. The maximum absolute atomic E-state index is 13.0. The van der Waals surface area contributed by atoms with Gasteiger partial charge in [-0.1, -0.05) is 29.8 Å². The number of hydrazine groups is 1. The van der Waals surface area contributed by atoms with Gasteiger partial charge in [-0.25, -0.2) is 4.79 Å². The number of hydrogen-bond donors (Lipinski definition) is 0. The van der Waals surface area contributed by atoms with Crippen LogP contribution in [0.3, 0.4) is 0 Å². The van der Waals surface area contributed by atoms with E-state index in [0.717, 1.165) is 36.5 Å². The molecule has 2 aliphatic heterocycles. The van der Waals surface area contributed by atoms with Crippen LogP contribution in [0.25, 0.3) is 0 Å². The lowest BCUT2D eigenvalue weighted by molar-refractivity contribution is 0.0727. The third-order valence-corrected chi connectivity index (χ3v) is 4.83. The van der Waals surface area contributed by atoms with Gasteiger partial charge in [0, 0.05) is 23.8 Å². The lowest BCUT2D eigenvalue weighted by Gasteiger charge is -2.28. The van der Waals surface area contributed by atoms with Crippen molar-refractivity contribution in [2.45, 2.75) is 19.5 Å². The standard InChI is InChI=1S/C19H20ClN3O2/c1-2-25-17-9-7-14(8-10-17)18-21-11-4-12-22(21)19(24)23(18)16-6-3-5-15(20)13-16/h3,5-10,13,18H,2,4,11-12H2,1H3.